The molecule has 0 saturated carbocycles. The van der Waals surface area contributed by atoms with Crippen LogP contribution >= 0.6 is 23.2 Å². The van der Waals surface area contributed by atoms with E-state index < -0.39 is 0 Å². The van der Waals surface area contributed by atoms with Gasteiger partial charge in [-0.1, -0.05) is 56.0 Å². The van der Waals surface area contributed by atoms with Gasteiger partial charge in [-0.2, -0.15) is 0 Å². The highest BCUT2D eigenvalue weighted by atomic mass is 35.5. The summed E-state index contributed by atoms with van der Waals surface area (Å²) < 4.78 is 0. The van der Waals surface area contributed by atoms with E-state index in [1.165, 1.54) is 12.8 Å². The summed E-state index contributed by atoms with van der Waals surface area (Å²) in [6.07, 6.45) is 4.67. The lowest BCUT2D eigenvalue weighted by Crippen LogP contribution is -1.99. The van der Waals surface area contributed by atoms with E-state index in [0.29, 0.717) is 10.9 Å². The van der Waals surface area contributed by atoms with Crippen molar-refractivity contribution in [3.63, 3.8) is 0 Å². The Morgan fingerprint density at radius 2 is 2.07 bits per heavy atom. The van der Waals surface area contributed by atoms with Crippen molar-refractivity contribution in [2.75, 3.05) is 0 Å². The van der Waals surface area contributed by atoms with Gasteiger partial charge in [0.25, 0.3) is 0 Å². The van der Waals surface area contributed by atoms with Crippen molar-refractivity contribution in [2.45, 2.75) is 45.4 Å². The van der Waals surface area contributed by atoms with Crippen molar-refractivity contribution in [3.8, 4) is 0 Å². The lowest BCUT2D eigenvalue weighted by molar-refractivity contribution is 0.570. The Morgan fingerprint density at radius 3 is 2.60 bits per heavy atom. The van der Waals surface area contributed by atoms with Crippen LogP contribution in [0.1, 0.15) is 51.0 Å². The summed E-state index contributed by atoms with van der Waals surface area (Å²) in [5.74, 6) is 0.474. The Morgan fingerprint density at radius 1 is 1.33 bits per heavy atom. The van der Waals surface area contributed by atoms with Crippen LogP contribution in [0.2, 0.25) is 10.0 Å². The maximum absolute atomic E-state index is 6.18. The van der Waals surface area contributed by atoms with E-state index in [1.807, 2.05) is 6.07 Å². The molecule has 15 heavy (non-hydrogen) atoms. The first-order chi connectivity index (χ1) is 7.20. The Labute approximate surface area is 103 Å². The molecule has 0 spiro atoms. The van der Waals surface area contributed by atoms with Crippen LogP contribution in [-0.2, 0) is 0 Å². The van der Waals surface area contributed by atoms with Crippen LogP contribution in [-0.4, -0.2) is 0 Å². The van der Waals surface area contributed by atoms with Crippen LogP contribution in [0.3, 0.4) is 0 Å². The summed E-state index contributed by atoms with van der Waals surface area (Å²) in [5, 5.41) is 1.46. The molecule has 2 heteroatoms. The smallest absolute Gasteiger partial charge is 0.0534 e. The van der Waals surface area contributed by atoms with Gasteiger partial charge in [-0.15, -0.1) is 0 Å². The SMILES string of the molecule is CCCCC(CC)c1c(Cl)[c]ccc1Cl. The van der Waals surface area contributed by atoms with Gasteiger partial charge in [0.1, 0.15) is 0 Å². The van der Waals surface area contributed by atoms with Crippen LogP contribution in [0.25, 0.3) is 0 Å². The molecule has 0 aliphatic carbocycles. The molecule has 0 heterocycles. The van der Waals surface area contributed by atoms with Gasteiger partial charge in [-0.3, -0.25) is 0 Å². The second-order valence-corrected chi connectivity index (χ2v) is 4.59. The third-order valence-electron chi connectivity index (χ3n) is 2.74. The van der Waals surface area contributed by atoms with Gasteiger partial charge in [0.2, 0.25) is 0 Å². The summed E-state index contributed by atoms with van der Waals surface area (Å²) in [6.45, 7) is 4.38. The molecule has 0 aliphatic rings. The van der Waals surface area contributed by atoms with Crippen molar-refractivity contribution < 1.29 is 0 Å². The van der Waals surface area contributed by atoms with Crippen LogP contribution in [0.15, 0.2) is 12.1 Å². The normalized spacial score (nSPS) is 12.8. The van der Waals surface area contributed by atoms with Crippen LogP contribution in [0, 0.1) is 6.07 Å². The van der Waals surface area contributed by atoms with E-state index in [0.717, 1.165) is 23.4 Å². The third-order valence-corrected chi connectivity index (χ3v) is 3.38. The first kappa shape index (κ1) is 12.9. The molecule has 1 rings (SSSR count). The summed E-state index contributed by atoms with van der Waals surface area (Å²) in [5.41, 5.74) is 1.08. The number of rotatable bonds is 5. The fourth-order valence-electron chi connectivity index (χ4n) is 1.84. The Balaban J connectivity index is 2.90. The minimum atomic E-state index is 0.474. The lowest BCUT2D eigenvalue weighted by Gasteiger charge is -2.17. The zero-order valence-corrected chi connectivity index (χ0v) is 10.8. The number of unbranched alkanes of at least 4 members (excludes halogenated alkanes) is 1. The van der Waals surface area contributed by atoms with Gasteiger partial charge in [-0.05, 0) is 30.4 Å². The molecular formula is C13H17Cl2. The number of benzene rings is 1. The zero-order valence-electron chi connectivity index (χ0n) is 9.32. The summed E-state index contributed by atoms with van der Waals surface area (Å²) in [4.78, 5) is 0. The highest BCUT2D eigenvalue weighted by Gasteiger charge is 2.15. The summed E-state index contributed by atoms with van der Waals surface area (Å²) >= 11 is 12.3. The van der Waals surface area contributed by atoms with E-state index in [9.17, 15) is 0 Å². The predicted octanol–water partition coefficient (Wildman–Crippen LogP) is 5.48. The Kier molecular flexibility index (Phi) is 5.49. The maximum Gasteiger partial charge on any atom is 0.0534 e. The minimum Gasteiger partial charge on any atom is -0.0840 e. The van der Waals surface area contributed by atoms with Crippen molar-refractivity contribution in [1.82, 2.24) is 0 Å². The third kappa shape index (κ3) is 3.39. The minimum absolute atomic E-state index is 0.474. The van der Waals surface area contributed by atoms with Crippen molar-refractivity contribution in [1.29, 1.82) is 0 Å². The molecule has 1 aromatic rings. The number of hydrogen-bond acceptors (Lipinski definition) is 0. The Hall–Kier alpha value is -0.200. The molecule has 0 nitrogen and oxygen atoms in total. The van der Waals surface area contributed by atoms with Crippen molar-refractivity contribution >= 4 is 23.2 Å². The molecule has 0 aliphatic heterocycles. The zero-order chi connectivity index (χ0) is 11.3. The number of halogens is 2. The van der Waals surface area contributed by atoms with E-state index in [4.69, 9.17) is 23.2 Å². The lowest BCUT2D eigenvalue weighted by atomic mass is 9.91. The molecule has 0 N–H and O–H groups in total. The van der Waals surface area contributed by atoms with Crippen LogP contribution in [0.4, 0.5) is 0 Å². The second-order valence-electron chi connectivity index (χ2n) is 3.80. The van der Waals surface area contributed by atoms with Crippen molar-refractivity contribution in [2.24, 2.45) is 0 Å². The van der Waals surface area contributed by atoms with Crippen molar-refractivity contribution in [3.05, 3.63) is 33.8 Å². The van der Waals surface area contributed by atoms with Crippen LogP contribution < -0.4 is 0 Å². The molecular weight excluding hydrogens is 227 g/mol. The van der Waals surface area contributed by atoms with E-state index >= 15 is 0 Å². The highest BCUT2D eigenvalue weighted by Crippen LogP contribution is 2.35. The molecule has 0 aromatic heterocycles. The quantitative estimate of drug-likeness (QED) is 0.643. The average molecular weight is 244 g/mol. The molecule has 1 atom stereocenters. The maximum atomic E-state index is 6.18. The van der Waals surface area contributed by atoms with Gasteiger partial charge < -0.3 is 0 Å². The van der Waals surface area contributed by atoms with Gasteiger partial charge in [0.15, 0.2) is 0 Å². The average Bonchev–Trinajstić information content (AvgIpc) is 2.22. The van der Waals surface area contributed by atoms with Gasteiger partial charge in [-0.25, -0.2) is 0 Å². The van der Waals surface area contributed by atoms with Crippen LogP contribution in [0.5, 0.6) is 0 Å². The molecule has 1 unspecified atom stereocenters. The molecule has 0 fully saturated rings. The fraction of sp³-hybridized carbons (Fsp3) is 0.538. The van der Waals surface area contributed by atoms with E-state index in [2.05, 4.69) is 19.9 Å². The topological polar surface area (TPSA) is 0 Å². The first-order valence-corrected chi connectivity index (χ1v) is 6.31. The monoisotopic (exact) mass is 243 g/mol. The Bertz CT molecular complexity index is 287. The predicted molar refractivity (Wildman–Crippen MR) is 67.9 cm³/mol. The summed E-state index contributed by atoms with van der Waals surface area (Å²) in [6, 6.07) is 6.66. The van der Waals surface area contributed by atoms with Gasteiger partial charge in [0.05, 0.1) is 5.02 Å². The fourth-order valence-corrected chi connectivity index (χ4v) is 2.52. The first-order valence-electron chi connectivity index (χ1n) is 5.56. The largest absolute Gasteiger partial charge is 0.0840 e. The molecule has 83 valence electrons. The molecule has 1 aromatic carbocycles. The molecule has 0 amide bonds. The highest BCUT2D eigenvalue weighted by molar-refractivity contribution is 6.36. The molecule has 0 bridgehead atoms. The van der Waals surface area contributed by atoms with Gasteiger partial charge >= 0.3 is 0 Å². The molecule has 1 radical (unpaired) electrons. The van der Waals surface area contributed by atoms with Gasteiger partial charge in [0, 0.05) is 11.1 Å². The second kappa shape index (κ2) is 6.40. The molecule has 0 saturated heterocycles. The standard InChI is InChI=1S/C13H17Cl2/c1-3-5-7-10(4-2)13-11(14)8-6-9-12(13)15/h6,8,10H,3-5,7H2,1-2H3. The number of hydrogen-bond donors (Lipinski definition) is 0. The van der Waals surface area contributed by atoms with E-state index in [-0.39, 0.29) is 0 Å². The summed E-state index contributed by atoms with van der Waals surface area (Å²) in [7, 11) is 0. The van der Waals surface area contributed by atoms with E-state index in [1.54, 1.807) is 6.07 Å².